The molecule has 0 aliphatic heterocycles. The summed E-state index contributed by atoms with van der Waals surface area (Å²) < 4.78 is 29.2. The van der Waals surface area contributed by atoms with Crippen LogP contribution in [-0.2, 0) is 16.3 Å². The van der Waals surface area contributed by atoms with Crippen molar-refractivity contribution in [3.8, 4) is 0 Å². The van der Waals surface area contributed by atoms with Crippen LogP contribution >= 0.6 is 0 Å². The van der Waals surface area contributed by atoms with E-state index in [4.69, 9.17) is 4.42 Å². The maximum absolute atomic E-state index is 12.3. The average molecular weight is 343 g/mol. The standard InChI is InChI=1S/C18H17NO4S/c1-24(21,22)17-9-5-3-7-15(17)18(20)19-11-10-14-12-13-6-2-4-8-16(13)23-14/h2-9,12H,10-11H2,1H3,(H,19,20). The molecule has 1 heterocycles. The molecule has 1 N–H and O–H groups in total. The Labute approximate surface area is 140 Å². The van der Waals surface area contributed by atoms with Gasteiger partial charge in [0.25, 0.3) is 5.91 Å². The van der Waals surface area contributed by atoms with Gasteiger partial charge in [0.2, 0.25) is 0 Å². The average Bonchev–Trinajstić information content (AvgIpc) is 2.96. The highest BCUT2D eigenvalue weighted by atomic mass is 32.2. The van der Waals surface area contributed by atoms with Crippen molar-refractivity contribution in [2.24, 2.45) is 0 Å². The molecule has 6 heteroatoms. The van der Waals surface area contributed by atoms with Gasteiger partial charge in [-0.25, -0.2) is 8.42 Å². The largest absolute Gasteiger partial charge is 0.461 e. The van der Waals surface area contributed by atoms with E-state index in [1.54, 1.807) is 12.1 Å². The summed E-state index contributed by atoms with van der Waals surface area (Å²) in [5, 5.41) is 3.76. The summed E-state index contributed by atoms with van der Waals surface area (Å²) in [5.74, 6) is 0.361. The van der Waals surface area contributed by atoms with Gasteiger partial charge in [0.05, 0.1) is 10.5 Å². The molecular formula is C18H17NO4S. The van der Waals surface area contributed by atoms with E-state index in [0.717, 1.165) is 23.0 Å². The van der Waals surface area contributed by atoms with Crippen LogP contribution in [0.3, 0.4) is 0 Å². The van der Waals surface area contributed by atoms with Crippen molar-refractivity contribution in [2.45, 2.75) is 11.3 Å². The van der Waals surface area contributed by atoms with Gasteiger partial charge in [0.15, 0.2) is 9.84 Å². The molecule has 0 fully saturated rings. The molecule has 0 spiro atoms. The topological polar surface area (TPSA) is 76.4 Å². The van der Waals surface area contributed by atoms with E-state index in [1.807, 2.05) is 30.3 Å². The first-order valence-electron chi connectivity index (χ1n) is 7.50. The van der Waals surface area contributed by atoms with Crippen LogP contribution in [0.2, 0.25) is 0 Å². The Balaban J connectivity index is 1.68. The molecule has 0 aliphatic rings. The number of amides is 1. The van der Waals surface area contributed by atoms with Crippen LogP contribution in [0, 0.1) is 0 Å². The SMILES string of the molecule is CS(=O)(=O)c1ccccc1C(=O)NCCc1cc2ccccc2o1. The van der Waals surface area contributed by atoms with Crippen LogP contribution < -0.4 is 5.32 Å². The number of para-hydroxylation sites is 1. The molecule has 0 saturated carbocycles. The summed E-state index contributed by atoms with van der Waals surface area (Å²) in [6, 6.07) is 15.8. The fraction of sp³-hybridized carbons (Fsp3) is 0.167. The lowest BCUT2D eigenvalue weighted by atomic mass is 10.2. The van der Waals surface area contributed by atoms with Crippen LogP contribution in [-0.4, -0.2) is 27.1 Å². The summed E-state index contributed by atoms with van der Waals surface area (Å²) in [4.78, 5) is 12.3. The Kier molecular flexibility index (Phi) is 4.40. The first kappa shape index (κ1) is 16.3. The number of hydrogen-bond acceptors (Lipinski definition) is 4. The van der Waals surface area contributed by atoms with Gasteiger partial charge in [-0.05, 0) is 24.3 Å². The van der Waals surface area contributed by atoms with E-state index in [-0.39, 0.29) is 10.5 Å². The van der Waals surface area contributed by atoms with Crippen LogP contribution in [0.25, 0.3) is 11.0 Å². The molecule has 2 aromatic carbocycles. The van der Waals surface area contributed by atoms with Crippen molar-refractivity contribution in [1.82, 2.24) is 5.32 Å². The van der Waals surface area contributed by atoms with Gasteiger partial charge >= 0.3 is 0 Å². The first-order chi connectivity index (χ1) is 11.4. The Morgan fingerprint density at radius 3 is 2.54 bits per heavy atom. The Bertz CT molecular complexity index is 956. The number of benzene rings is 2. The molecule has 0 radical (unpaired) electrons. The summed E-state index contributed by atoms with van der Waals surface area (Å²) in [6.45, 7) is 0.358. The number of sulfone groups is 1. The second-order valence-electron chi connectivity index (χ2n) is 5.52. The zero-order valence-electron chi connectivity index (χ0n) is 13.2. The van der Waals surface area contributed by atoms with Gasteiger partial charge in [0.1, 0.15) is 11.3 Å². The molecule has 0 aliphatic carbocycles. The van der Waals surface area contributed by atoms with Gasteiger partial charge in [-0.1, -0.05) is 30.3 Å². The molecule has 0 atom stereocenters. The van der Waals surface area contributed by atoms with Crippen molar-refractivity contribution in [2.75, 3.05) is 12.8 Å². The number of fused-ring (bicyclic) bond motifs is 1. The van der Waals surface area contributed by atoms with E-state index >= 15 is 0 Å². The number of nitrogens with one attached hydrogen (secondary N) is 1. The normalized spacial score (nSPS) is 11.5. The third-order valence-corrected chi connectivity index (χ3v) is 4.82. The van der Waals surface area contributed by atoms with Crippen molar-refractivity contribution >= 4 is 26.7 Å². The quantitative estimate of drug-likeness (QED) is 0.773. The van der Waals surface area contributed by atoms with E-state index in [9.17, 15) is 13.2 Å². The lowest BCUT2D eigenvalue weighted by Gasteiger charge is -2.08. The highest BCUT2D eigenvalue weighted by Crippen LogP contribution is 2.19. The molecule has 5 nitrogen and oxygen atoms in total. The van der Waals surface area contributed by atoms with Crippen molar-refractivity contribution in [3.63, 3.8) is 0 Å². The highest BCUT2D eigenvalue weighted by Gasteiger charge is 2.17. The zero-order valence-corrected chi connectivity index (χ0v) is 14.0. The Hall–Kier alpha value is -2.60. The third kappa shape index (κ3) is 3.49. The first-order valence-corrected chi connectivity index (χ1v) is 9.39. The highest BCUT2D eigenvalue weighted by molar-refractivity contribution is 7.90. The zero-order chi connectivity index (χ0) is 17.2. The molecule has 3 aromatic rings. The van der Waals surface area contributed by atoms with Gasteiger partial charge in [0, 0.05) is 24.6 Å². The molecular weight excluding hydrogens is 326 g/mol. The lowest BCUT2D eigenvalue weighted by molar-refractivity contribution is 0.0950. The molecule has 0 unspecified atom stereocenters. The predicted molar refractivity (Wildman–Crippen MR) is 91.8 cm³/mol. The van der Waals surface area contributed by atoms with E-state index in [1.165, 1.54) is 12.1 Å². The number of furan rings is 1. The minimum atomic E-state index is -3.45. The number of rotatable bonds is 5. The molecule has 24 heavy (non-hydrogen) atoms. The van der Waals surface area contributed by atoms with Crippen molar-refractivity contribution in [1.29, 1.82) is 0 Å². The van der Waals surface area contributed by atoms with E-state index in [2.05, 4.69) is 5.32 Å². The lowest BCUT2D eigenvalue weighted by Crippen LogP contribution is -2.27. The molecule has 0 bridgehead atoms. The summed E-state index contributed by atoms with van der Waals surface area (Å²) in [7, 11) is -3.45. The van der Waals surface area contributed by atoms with Gasteiger partial charge in [-0.2, -0.15) is 0 Å². The minimum absolute atomic E-state index is 0.0336. The Morgan fingerprint density at radius 1 is 1.08 bits per heavy atom. The van der Waals surface area contributed by atoms with Gasteiger partial charge in [-0.15, -0.1) is 0 Å². The van der Waals surface area contributed by atoms with Gasteiger partial charge < -0.3 is 9.73 Å². The predicted octanol–water partition coefficient (Wildman–Crippen LogP) is 2.81. The van der Waals surface area contributed by atoms with Crippen molar-refractivity contribution in [3.05, 3.63) is 65.9 Å². The monoisotopic (exact) mass is 343 g/mol. The van der Waals surface area contributed by atoms with Crippen LogP contribution in [0.5, 0.6) is 0 Å². The maximum Gasteiger partial charge on any atom is 0.252 e. The van der Waals surface area contributed by atoms with Gasteiger partial charge in [-0.3, -0.25) is 4.79 Å². The Morgan fingerprint density at radius 2 is 1.79 bits per heavy atom. The van der Waals surface area contributed by atoms with E-state index < -0.39 is 15.7 Å². The van der Waals surface area contributed by atoms with Crippen molar-refractivity contribution < 1.29 is 17.6 Å². The van der Waals surface area contributed by atoms with Crippen LogP contribution in [0.1, 0.15) is 16.1 Å². The fourth-order valence-corrected chi connectivity index (χ4v) is 3.42. The number of hydrogen-bond donors (Lipinski definition) is 1. The summed E-state index contributed by atoms with van der Waals surface area (Å²) in [5.41, 5.74) is 0.964. The number of carbonyl (C=O) groups excluding carboxylic acids is 1. The fourth-order valence-electron chi connectivity index (χ4n) is 2.53. The summed E-state index contributed by atoms with van der Waals surface area (Å²) in [6.07, 6.45) is 1.62. The maximum atomic E-state index is 12.3. The second kappa shape index (κ2) is 6.49. The van der Waals surface area contributed by atoms with E-state index in [0.29, 0.717) is 13.0 Å². The second-order valence-corrected chi connectivity index (χ2v) is 7.51. The van der Waals surface area contributed by atoms with Crippen LogP contribution in [0.4, 0.5) is 0 Å². The summed E-state index contributed by atoms with van der Waals surface area (Å²) >= 11 is 0. The van der Waals surface area contributed by atoms with Crippen LogP contribution in [0.15, 0.2) is 63.9 Å². The number of carbonyl (C=O) groups is 1. The minimum Gasteiger partial charge on any atom is -0.461 e. The molecule has 3 rings (SSSR count). The smallest absolute Gasteiger partial charge is 0.252 e. The molecule has 1 aromatic heterocycles. The molecule has 1 amide bonds. The molecule has 0 saturated heterocycles. The molecule has 124 valence electrons. The third-order valence-electron chi connectivity index (χ3n) is 3.66.